The molecule has 9 heteroatoms. The van der Waals surface area contributed by atoms with Gasteiger partial charge in [0.25, 0.3) is 0 Å². The second-order valence-corrected chi connectivity index (χ2v) is 2.76. The summed E-state index contributed by atoms with van der Waals surface area (Å²) in [5, 5.41) is 0. The van der Waals surface area contributed by atoms with E-state index >= 15 is 0 Å². The lowest BCUT2D eigenvalue weighted by atomic mass is 10.6. The van der Waals surface area contributed by atoms with Crippen molar-refractivity contribution in [2.45, 2.75) is 0 Å². The van der Waals surface area contributed by atoms with Crippen LogP contribution in [0.4, 0.5) is 0 Å². The highest BCUT2D eigenvalue weighted by atomic mass is 16.6. The maximum Gasteiger partial charge on any atom is 0.339 e. The van der Waals surface area contributed by atoms with Gasteiger partial charge in [0.2, 0.25) is 11.8 Å². The Morgan fingerprint density at radius 1 is 0.706 bits per heavy atom. The Balaban J connectivity index is 3.62. The molecule has 9 nitrogen and oxygen atoms in total. The van der Waals surface area contributed by atoms with Crippen LogP contribution in [0.15, 0.2) is 0 Å². The molecule has 0 aromatic rings. The summed E-state index contributed by atoms with van der Waals surface area (Å²) in [5.41, 5.74) is 9.45. The van der Waals surface area contributed by atoms with Crippen LogP contribution in [0.5, 0.6) is 0 Å². The number of esters is 2. The van der Waals surface area contributed by atoms with Gasteiger partial charge in [-0.1, -0.05) is 0 Å². The molecule has 0 atom stereocenters. The highest BCUT2D eigenvalue weighted by Gasteiger charge is 2.11. The van der Waals surface area contributed by atoms with Crippen molar-refractivity contribution in [3.8, 4) is 0 Å². The Kier molecular flexibility index (Phi) is 7.22. The van der Waals surface area contributed by atoms with Gasteiger partial charge in [-0.25, -0.2) is 9.59 Å². The van der Waals surface area contributed by atoms with Crippen LogP contribution in [0, 0.1) is 0 Å². The molecule has 0 aliphatic carbocycles. The lowest BCUT2D eigenvalue weighted by molar-refractivity contribution is -0.165. The predicted octanol–water partition coefficient (Wildman–Crippen LogP) is -2.94. The Bertz CT molecular complexity index is 285. The molecule has 0 aromatic heterocycles. The van der Waals surface area contributed by atoms with E-state index in [0.29, 0.717) is 0 Å². The van der Waals surface area contributed by atoms with Crippen LogP contribution in [0.2, 0.25) is 0 Å². The minimum absolute atomic E-state index is 0.457. The van der Waals surface area contributed by atoms with Gasteiger partial charge >= 0.3 is 11.9 Å². The SMILES string of the molecule is NC(=O)COCC(=O)OC(=O)COCC(N)=O. The molecule has 0 heterocycles. The Hall–Kier alpha value is -2.00. The number of carbonyl (C=O) groups is 4. The van der Waals surface area contributed by atoms with Gasteiger partial charge < -0.3 is 25.7 Å². The van der Waals surface area contributed by atoms with E-state index in [1.165, 1.54) is 0 Å². The van der Waals surface area contributed by atoms with Crippen molar-refractivity contribution in [3.63, 3.8) is 0 Å². The second-order valence-electron chi connectivity index (χ2n) is 2.76. The van der Waals surface area contributed by atoms with Crippen LogP contribution in [-0.2, 0) is 33.4 Å². The minimum Gasteiger partial charge on any atom is -0.390 e. The first kappa shape index (κ1) is 15.0. The van der Waals surface area contributed by atoms with Gasteiger partial charge in [0.1, 0.15) is 26.4 Å². The summed E-state index contributed by atoms with van der Waals surface area (Å²) in [6.45, 7) is -2.10. The molecular weight excluding hydrogens is 236 g/mol. The molecule has 0 aliphatic heterocycles. The average Bonchev–Trinajstić information content (AvgIpc) is 2.15. The summed E-state index contributed by atoms with van der Waals surface area (Å²) in [6.07, 6.45) is 0. The molecule has 0 spiro atoms. The second kappa shape index (κ2) is 8.19. The van der Waals surface area contributed by atoms with Gasteiger partial charge in [0.05, 0.1) is 0 Å². The average molecular weight is 248 g/mol. The molecule has 0 fully saturated rings. The molecule has 0 radical (unpaired) electrons. The maximum atomic E-state index is 10.9. The van der Waals surface area contributed by atoms with Crippen molar-refractivity contribution >= 4 is 23.8 Å². The van der Waals surface area contributed by atoms with Crippen LogP contribution >= 0.6 is 0 Å². The van der Waals surface area contributed by atoms with Gasteiger partial charge in [0.15, 0.2) is 0 Å². The zero-order valence-corrected chi connectivity index (χ0v) is 8.84. The summed E-state index contributed by atoms with van der Waals surface area (Å²) >= 11 is 0. The molecule has 0 bridgehead atoms. The number of nitrogens with two attached hydrogens (primary N) is 2. The van der Waals surface area contributed by atoms with Crippen LogP contribution < -0.4 is 11.5 Å². The third kappa shape index (κ3) is 10.3. The third-order valence-corrected chi connectivity index (χ3v) is 1.16. The first-order chi connectivity index (χ1) is 7.91. The highest BCUT2D eigenvalue weighted by Crippen LogP contribution is 1.85. The van der Waals surface area contributed by atoms with Crippen LogP contribution in [-0.4, -0.2) is 50.2 Å². The molecule has 0 saturated carbocycles. The summed E-state index contributed by atoms with van der Waals surface area (Å²) in [7, 11) is 0. The zero-order chi connectivity index (χ0) is 13.3. The first-order valence-electron chi connectivity index (χ1n) is 4.37. The summed E-state index contributed by atoms with van der Waals surface area (Å²) in [4.78, 5) is 42.2. The van der Waals surface area contributed by atoms with Gasteiger partial charge in [-0.15, -0.1) is 0 Å². The topological polar surface area (TPSA) is 148 Å². The van der Waals surface area contributed by atoms with E-state index in [2.05, 4.69) is 14.2 Å². The predicted molar refractivity (Wildman–Crippen MR) is 51.1 cm³/mol. The van der Waals surface area contributed by atoms with Crippen LogP contribution in [0.25, 0.3) is 0 Å². The molecule has 0 rings (SSSR count). The Morgan fingerprint density at radius 3 is 1.35 bits per heavy atom. The highest BCUT2D eigenvalue weighted by molar-refractivity contribution is 5.87. The van der Waals surface area contributed by atoms with E-state index in [4.69, 9.17) is 11.5 Å². The van der Waals surface area contributed by atoms with Crippen molar-refractivity contribution in [1.29, 1.82) is 0 Å². The molecule has 2 amide bonds. The van der Waals surface area contributed by atoms with E-state index in [1.807, 2.05) is 0 Å². The largest absolute Gasteiger partial charge is 0.390 e. The van der Waals surface area contributed by atoms with Crippen molar-refractivity contribution in [3.05, 3.63) is 0 Å². The third-order valence-electron chi connectivity index (χ3n) is 1.16. The van der Waals surface area contributed by atoms with E-state index in [1.54, 1.807) is 0 Å². The number of hydrogen-bond donors (Lipinski definition) is 2. The number of primary amides is 2. The lowest BCUT2D eigenvalue weighted by Gasteiger charge is -2.03. The van der Waals surface area contributed by atoms with Crippen LogP contribution in [0.3, 0.4) is 0 Å². The lowest BCUT2D eigenvalue weighted by Crippen LogP contribution is -2.26. The number of carbonyl (C=O) groups excluding carboxylic acids is 4. The minimum atomic E-state index is -1.00. The molecule has 96 valence electrons. The Morgan fingerprint density at radius 2 is 1.06 bits per heavy atom. The van der Waals surface area contributed by atoms with E-state index in [0.717, 1.165) is 0 Å². The fourth-order valence-electron chi connectivity index (χ4n) is 0.656. The van der Waals surface area contributed by atoms with Gasteiger partial charge in [-0.2, -0.15) is 0 Å². The molecule has 0 aliphatic rings. The van der Waals surface area contributed by atoms with Crippen molar-refractivity contribution in [2.24, 2.45) is 11.5 Å². The van der Waals surface area contributed by atoms with E-state index in [9.17, 15) is 19.2 Å². The molecule has 0 saturated heterocycles. The number of ether oxygens (including phenoxy) is 3. The smallest absolute Gasteiger partial charge is 0.339 e. The fourth-order valence-corrected chi connectivity index (χ4v) is 0.656. The van der Waals surface area contributed by atoms with Gasteiger partial charge in [-0.3, -0.25) is 9.59 Å². The van der Waals surface area contributed by atoms with Crippen molar-refractivity contribution in [1.82, 2.24) is 0 Å². The van der Waals surface area contributed by atoms with Gasteiger partial charge in [-0.05, 0) is 0 Å². The maximum absolute atomic E-state index is 10.9. The first-order valence-corrected chi connectivity index (χ1v) is 4.37. The summed E-state index contributed by atoms with van der Waals surface area (Å²) < 4.78 is 13.2. The van der Waals surface area contributed by atoms with Gasteiger partial charge in [0, 0.05) is 0 Å². The Labute approximate surface area is 96.0 Å². The van der Waals surface area contributed by atoms with E-state index < -0.39 is 50.2 Å². The molecule has 0 aromatic carbocycles. The number of amides is 2. The fraction of sp³-hybridized carbons (Fsp3) is 0.500. The van der Waals surface area contributed by atoms with Crippen molar-refractivity contribution < 1.29 is 33.4 Å². The number of rotatable bonds is 8. The zero-order valence-electron chi connectivity index (χ0n) is 8.84. The standard InChI is InChI=1S/C8H12N2O7/c9-5(11)1-15-3-7(13)17-8(14)4-16-2-6(10)12/h1-4H2,(H2,9,11)(H2,10,12). The number of hydrogen-bond acceptors (Lipinski definition) is 7. The summed E-state index contributed by atoms with van der Waals surface area (Å²) in [6, 6.07) is 0. The normalized spacial score (nSPS) is 9.65. The summed E-state index contributed by atoms with van der Waals surface area (Å²) in [5.74, 6) is -3.51. The molecule has 4 N–H and O–H groups in total. The quantitative estimate of drug-likeness (QED) is 0.344. The monoisotopic (exact) mass is 248 g/mol. The van der Waals surface area contributed by atoms with Crippen molar-refractivity contribution in [2.75, 3.05) is 26.4 Å². The van der Waals surface area contributed by atoms with Crippen LogP contribution in [0.1, 0.15) is 0 Å². The molecular formula is C8H12N2O7. The molecule has 17 heavy (non-hydrogen) atoms. The van der Waals surface area contributed by atoms with E-state index in [-0.39, 0.29) is 0 Å². The molecule has 0 unspecified atom stereocenters.